The number of aryl methyl sites for hydroxylation is 1. The molecule has 0 saturated heterocycles. The first-order valence-corrected chi connectivity index (χ1v) is 6.28. The molecule has 0 aromatic carbocycles. The van der Waals surface area contributed by atoms with Crippen molar-refractivity contribution in [3.8, 4) is 0 Å². The van der Waals surface area contributed by atoms with E-state index in [1.807, 2.05) is 13.0 Å². The molecule has 2 unspecified atom stereocenters. The third-order valence-corrected chi connectivity index (χ3v) is 3.43. The van der Waals surface area contributed by atoms with E-state index in [9.17, 15) is 0 Å². The van der Waals surface area contributed by atoms with Gasteiger partial charge < -0.3 is 5.32 Å². The summed E-state index contributed by atoms with van der Waals surface area (Å²) < 4.78 is 0. The quantitative estimate of drug-likeness (QED) is 0.552. The number of anilines is 2. The van der Waals surface area contributed by atoms with Crippen molar-refractivity contribution in [2.75, 3.05) is 10.7 Å². The SMILES string of the molecule is Cc1cc(NC2CCCCC2C)nc(NN)n1. The monoisotopic (exact) mass is 235 g/mol. The van der Waals surface area contributed by atoms with Crippen LogP contribution in [0.5, 0.6) is 0 Å². The van der Waals surface area contributed by atoms with Gasteiger partial charge in [0.25, 0.3) is 0 Å². The van der Waals surface area contributed by atoms with Crippen LogP contribution in [0.25, 0.3) is 0 Å². The predicted octanol–water partition coefficient (Wildman–Crippen LogP) is 2.06. The molecule has 2 atom stereocenters. The van der Waals surface area contributed by atoms with Gasteiger partial charge in [-0.25, -0.2) is 10.8 Å². The maximum absolute atomic E-state index is 5.35. The highest BCUT2D eigenvalue weighted by molar-refractivity contribution is 5.42. The van der Waals surface area contributed by atoms with Gasteiger partial charge >= 0.3 is 0 Å². The smallest absolute Gasteiger partial charge is 0.239 e. The largest absolute Gasteiger partial charge is 0.367 e. The Balaban J connectivity index is 2.09. The van der Waals surface area contributed by atoms with Crippen molar-refractivity contribution in [2.45, 2.75) is 45.6 Å². The molecule has 4 N–H and O–H groups in total. The van der Waals surface area contributed by atoms with Crippen molar-refractivity contribution < 1.29 is 0 Å². The van der Waals surface area contributed by atoms with Gasteiger partial charge in [-0.1, -0.05) is 19.8 Å². The fourth-order valence-corrected chi connectivity index (χ4v) is 2.43. The fraction of sp³-hybridized carbons (Fsp3) is 0.667. The van der Waals surface area contributed by atoms with E-state index < -0.39 is 0 Å². The molecule has 1 aliphatic carbocycles. The molecule has 5 nitrogen and oxygen atoms in total. The van der Waals surface area contributed by atoms with E-state index >= 15 is 0 Å². The Labute approximate surface area is 102 Å². The Morgan fingerprint density at radius 2 is 2.06 bits per heavy atom. The van der Waals surface area contributed by atoms with Gasteiger partial charge in [0.15, 0.2) is 0 Å². The Morgan fingerprint density at radius 1 is 1.29 bits per heavy atom. The molecule has 0 radical (unpaired) electrons. The minimum absolute atomic E-state index is 0.468. The van der Waals surface area contributed by atoms with Crippen LogP contribution < -0.4 is 16.6 Å². The first-order chi connectivity index (χ1) is 8.19. The number of nitrogens with one attached hydrogen (secondary N) is 2. The van der Waals surface area contributed by atoms with Gasteiger partial charge in [0.1, 0.15) is 5.82 Å². The van der Waals surface area contributed by atoms with Gasteiger partial charge in [-0.2, -0.15) is 4.98 Å². The zero-order valence-electron chi connectivity index (χ0n) is 10.5. The molecule has 1 saturated carbocycles. The maximum atomic E-state index is 5.35. The maximum Gasteiger partial charge on any atom is 0.239 e. The summed E-state index contributed by atoms with van der Waals surface area (Å²) in [4.78, 5) is 8.50. The third kappa shape index (κ3) is 3.06. The highest BCUT2D eigenvalue weighted by Gasteiger charge is 2.21. The van der Waals surface area contributed by atoms with E-state index in [4.69, 9.17) is 5.84 Å². The highest BCUT2D eigenvalue weighted by Crippen LogP contribution is 2.26. The molecule has 2 rings (SSSR count). The Bertz CT molecular complexity index is 379. The van der Waals surface area contributed by atoms with E-state index in [0.717, 1.165) is 11.5 Å². The zero-order valence-corrected chi connectivity index (χ0v) is 10.5. The molecule has 1 heterocycles. The molecule has 17 heavy (non-hydrogen) atoms. The minimum atomic E-state index is 0.468. The average molecular weight is 235 g/mol. The summed E-state index contributed by atoms with van der Waals surface area (Å²) in [5, 5.41) is 3.50. The zero-order chi connectivity index (χ0) is 12.3. The summed E-state index contributed by atoms with van der Waals surface area (Å²) >= 11 is 0. The molecule has 1 aromatic heterocycles. The van der Waals surface area contributed by atoms with Gasteiger partial charge in [-0.3, -0.25) is 5.43 Å². The number of nitrogens with zero attached hydrogens (tertiary/aromatic N) is 2. The molecule has 1 aromatic rings. The van der Waals surface area contributed by atoms with E-state index in [1.54, 1.807) is 0 Å². The molecule has 1 aliphatic rings. The Kier molecular flexibility index (Phi) is 3.78. The summed E-state index contributed by atoms with van der Waals surface area (Å²) in [5.74, 6) is 7.38. The Hall–Kier alpha value is -1.36. The van der Waals surface area contributed by atoms with Crippen LogP contribution >= 0.6 is 0 Å². The molecular weight excluding hydrogens is 214 g/mol. The van der Waals surface area contributed by atoms with Crippen LogP contribution in [0.3, 0.4) is 0 Å². The first-order valence-electron chi connectivity index (χ1n) is 6.28. The molecule has 0 aliphatic heterocycles. The number of hydrogen-bond acceptors (Lipinski definition) is 5. The van der Waals surface area contributed by atoms with E-state index in [2.05, 4.69) is 27.6 Å². The van der Waals surface area contributed by atoms with E-state index in [-0.39, 0.29) is 0 Å². The summed E-state index contributed by atoms with van der Waals surface area (Å²) in [6.45, 7) is 4.24. The number of hydrogen-bond donors (Lipinski definition) is 3. The van der Waals surface area contributed by atoms with Crippen molar-refractivity contribution in [1.29, 1.82) is 0 Å². The minimum Gasteiger partial charge on any atom is -0.367 e. The number of rotatable bonds is 3. The number of nitrogen functional groups attached to an aromatic ring is 1. The van der Waals surface area contributed by atoms with E-state index in [1.165, 1.54) is 25.7 Å². The van der Waals surface area contributed by atoms with Crippen molar-refractivity contribution in [3.63, 3.8) is 0 Å². The second-order valence-electron chi connectivity index (χ2n) is 4.88. The van der Waals surface area contributed by atoms with Crippen LogP contribution in [0, 0.1) is 12.8 Å². The molecular formula is C12H21N5. The molecule has 1 fully saturated rings. The number of nitrogens with two attached hydrogens (primary N) is 1. The number of aromatic nitrogens is 2. The second kappa shape index (κ2) is 5.31. The highest BCUT2D eigenvalue weighted by atomic mass is 15.3. The lowest BCUT2D eigenvalue weighted by molar-refractivity contribution is 0.349. The summed E-state index contributed by atoms with van der Waals surface area (Å²) in [6, 6.07) is 2.48. The van der Waals surface area contributed by atoms with Crippen molar-refractivity contribution in [1.82, 2.24) is 9.97 Å². The van der Waals surface area contributed by atoms with Crippen LogP contribution in [0.4, 0.5) is 11.8 Å². The topological polar surface area (TPSA) is 75.9 Å². The lowest BCUT2D eigenvalue weighted by Crippen LogP contribution is -2.30. The molecule has 5 heteroatoms. The molecule has 94 valence electrons. The van der Waals surface area contributed by atoms with Crippen molar-refractivity contribution >= 4 is 11.8 Å². The second-order valence-corrected chi connectivity index (χ2v) is 4.88. The van der Waals surface area contributed by atoms with Crippen LogP contribution in [0.15, 0.2) is 6.07 Å². The standard InChI is InChI=1S/C12H21N5/c1-8-5-3-4-6-10(8)15-11-7-9(2)14-12(16-11)17-13/h7-8,10H,3-6,13H2,1-2H3,(H2,14,15,16,17). The van der Waals surface area contributed by atoms with Crippen molar-refractivity contribution in [3.05, 3.63) is 11.8 Å². The van der Waals surface area contributed by atoms with Crippen LogP contribution in [0.2, 0.25) is 0 Å². The summed E-state index contributed by atoms with van der Waals surface area (Å²) in [5.41, 5.74) is 3.41. The molecule has 0 bridgehead atoms. The van der Waals surface area contributed by atoms with Crippen LogP contribution in [0.1, 0.15) is 38.3 Å². The average Bonchev–Trinajstić information content (AvgIpc) is 2.31. The van der Waals surface area contributed by atoms with Crippen molar-refractivity contribution in [2.24, 2.45) is 11.8 Å². The van der Waals surface area contributed by atoms with Crippen LogP contribution in [-0.4, -0.2) is 16.0 Å². The lowest BCUT2D eigenvalue weighted by atomic mass is 9.86. The van der Waals surface area contributed by atoms with Gasteiger partial charge in [-0.15, -0.1) is 0 Å². The van der Waals surface area contributed by atoms with Gasteiger partial charge in [0.2, 0.25) is 5.95 Å². The predicted molar refractivity (Wildman–Crippen MR) is 69.6 cm³/mol. The van der Waals surface area contributed by atoms with Crippen LogP contribution in [-0.2, 0) is 0 Å². The Morgan fingerprint density at radius 3 is 2.76 bits per heavy atom. The normalized spacial score (nSPS) is 24.4. The number of hydrazine groups is 1. The fourth-order valence-electron chi connectivity index (χ4n) is 2.43. The van der Waals surface area contributed by atoms with Gasteiger partial charge in [0.05, 0.1) is 0 Å². The lowest BCUT2D eigenvalue weighted by Gasteiger charge is -2.30. The summed E-state index contributed by atoms with van der Waals surface area (Å²) in [7, 11) is 0. The third-order valence-electron chi connectivity index (χ3n) is 3.43. The molecule has 0 spiro atoms. The summed E-state index contributed by atoms with van der Waals surface area (Å²) in [6.07, 6.45) is 5.16. The van der Waals surface area contributed by atoms with E-state index in [0.29, 0.717) is 17.9 Å². The first kappa shape index (κ1) is 12.1. The van der Waals surface area contributed by atoms with Gasteiger partial charge in [-0.05, 0) is 25.7 Å². The molecule has 0 amide bonds. The van der Waals surface area contributed by atoms with Gasteiger partial charge in [0, 0.05) is 17.8 Å².